The van der Waals surface area contributed by atoms with Crippen molar-refractivity contribution in [1.29, 1.82) is 0 Å². The maximum atomic E-state index is 0. The van der Waals surface area contributed by atoms with Gasteiger partial charge >= 0.3 is 0 Å². The van der Waals surface area contributed by atoms with Gasteiger partial charge in [0, 0.05) is 106 Å². The molecule has 1 radical (unpaired) electrons. The van der Waals surface area contributed by atoms with E-state index in [1.165, 1.54) is 0 Å². The van der Waals surface area contributed by atoms with E-state index in [1.807, 2.05) is 0 Å². The SMILES string of the molecule is [Ce].[Hf].[Mn].[Ti]. The van der Waals surface area contributed by atoms with Crippen molar-refractivity contribution in [2.24, 2.45) is 0 Å². The van der Waals surface area contributed by atoms with Gasteiger partial charge in [0.05, 0.1) is 0 Å². The summed E-state index contributed by atoms with van der Waals surface area (Å²) in [5.41, 5.74) is 0. The van der Waals surface area contributed by atoms with E-state index in [4.69, 9.17) is 0 Å². The molecule has 0 aliphatic carbocycles. The predicted octanol–water partition coefficient (Wildman–Crippen LogP) is -0.00750. The van der Waals surface area contributed by atoms with Crippen LogP contribution in [0.2, 0.25) is 0 Å². The van der Waals surface area contributed by atoms with Crippen molar-refractivity contribution in [3.05, 3.63) is 0 Å². The second kappa shape index (κ2) is 16.1. The largest absolute Gasteiger partial charge is 0 e. The number of hydrogen-bond donors (Lipinski definition) is 0. The molecule has 0 amide bonds. The number of hydrogen-bond acceptors (Lipinski definition) is 0. The van der Waals surface area contributed by atoms with Crippen LogP contribution in [0.3, 0.4) is 0 Å². The summed E-state index contributed by atoms with van der Waals surface area (Å²) >= 11 is 0. The second-order valence-electron chi connectivity index (χ2n) is 0. The van der Waals surface area contributed by atoms with Crippen molar-refractivity contribution in [2.75, 3.05) is 0 Å². The molecule has 0 N–H and O–H groups in total. The molecule has 0 aromatic carbocycles. The molecule has 0 atom stereocenters. The maximum Gasteiger partial charge on any atom is 0 e. The first-order valence-electron chi connectivity index (χ1n) is 0. The Morgan fingerprint density at radius 3 is 1.00 bits per heavy atom. The molecule has 4 heteroatoms. The first-order valence-corrected chi connectivity index (χ1v) is 0. The van der Waals surface area contributed by atoms with Gasteiger partial charge in [-0.1, -0.05) is 0 Å². The van der Waals surface area contributed by atoms with Crippen LogP contribution in [0, 0.1) is 41.7 Å². The van der Waals surface area contributed by atoms with Crippen LogP contribution in [-0.4, -0.2) is 0 Å². The molecule has 0 saturated heterocycles. The van der Waals surface area contributed by atoms with Gasteiger partial charge in [-0.05, 0) is 0 Å². The summed E-state index contributed by atoms with van der Waals surface area (Å²) in [6.07, 6.45) is 0. The summed E-state index contributed by atoms with van der Waals surface area (Å²) in [6, 6.07) is 0. The smallest absolute Gasteiger partial charge is 0 e. The Morgan fingerprint density at radius 1 is 1.00 bits per heavy atom. The molecule has 0 bridgehead atoms. The van der Waals surface area contributed by atoms with Gasteiger partial charge in [0.25, 0.3) is 0 Å². The minimum absolute atomic E-state index is 0. The fourth-order valence-electron chi connectivity index (χ4n) is 0. The minimum atomic E-state index is 0. The average Bonchev–Trinajstić information content (AvgIpc) is 0. The summed E-state index contributed by atoms with van der Waals surface area (Å²) in [4.78, 5) is 0. The zero-order chi connectivity index (χ0) is 0. The Morgan fingerprint density at radius 2 is 1.00 bits per heavy atom. The Kier molecular flexibility index (Phi) is 104. The van der Waals surface area contributed by atoms with Gasteiger partial charge < -0.3 is 0 Å². The third kappa shape index (κ3) is 9.08. The Hall–Kier alpha value is 3.48. The molecule has 4 heavy (non-hydrogen) atoms. The summed E-state index contributed by atoms with van der Waals surface area (Å²) in [7, 11) is 0. The van der Waals surface area contributed by atoms with Crippen LogP contribution in [0.4, 0.5) is 0 Å². The van der Waals surface area contributed by atoms with E-state index in [9.17, 15) is 0 Å². The maximum absolute atomic E-state index is 0. The average molecular weight is 421 g/mol. The van der Waals surface area contributed by atoms with Gasteiger partial charge in [0.15, 0.2) is 0 Å². The molecule has 0 heterocycles. The third-order valence-corrected chi connectivity index (χ3v) is 0. The molecule has 19 valence electrons. The molecule has 0 aromatic rings. The Labute approximate surface area is 104 Å². The molecule has 0 unspecified atom stereocenters. The predicted molar refractivity (Wildman–Crippen MR) is 0 cm³/mol. The molecule has 0 rings (SSSR count). The van der Waals surface area contributed by atoms with E-state index >= 15 is 0 Å². The van der Waals surface area contributed by atoms with Crippen LogP contribution < -0.4 is 0 Å². The van der Waals surface area contributed by atoms with Gasteiger partial charge in [-0.2, -0.15) is 0 Å². The first-order chi connectivity index (χ1) is 0. The zero-order valence-corrected chi connectivity index (χ0v) is 11.4. The Bertz CT molecular complexity index is 8.00. The summed E-state index contributed by atoms with van der Waals surface area (Å²) < 4.78 is 0. The van der Waals surface area contributed by atoms with Crippen molar-refractivity contribution in [3.63, 3.8) is 0 Å². The molecule has 0 fully saturated rings. The normalized spacial score (nSPS) is 0. The van der Waals surface area contributed by atoms with Crippen LogP contribution in [0.25, 0.3) is 0 Å². The molecule has 0 aliphatic heterocycles. The summed E-state index contributed by atoms with van der Waals surface area (Å²) in [6.45, 7) is 0. The van der Waals surface area contributed by atoms with E-state index in [0.717, 1.165) is 0 Å². The van der Waals surface area contributed by atoms with Crippen molar-refractivity contribution in [2.45, 2.75) is 0 Å². The molecule has 0 saturated carbocycles. The Balaban J connectivity index is 0. The number of rotatable bonds is 0. The molecule has 0 aliphatic rings. The van der Waals surface area contributed by atoms with Crippen LogP contribution in [0.5, 0.6) is 0 Å². The van der Waals surface area contributed by atoms with Crippen molar-refractivity contribution in [3.8, 4) is 0 Å². The molecule has 0 nitrogen and oxygen atoms in total. The van der Waals surface area contributed by atoms with Crippen LogP contribution in [0.1, 0.15) is 0 Å². The fourth-order valence-corrected chi connectivity index (χ4v) is 0. The van der Waals surface area contributed by atoms with Crippen LogP contribution >= 0.6 is 0 Å². The van der Waals surface area contributed by atoms with E-state index in [-0.39, 0.29) is 106 Å². The van der Waals surface area contributed by atoms with Crippen molar-refractivity contribution in [1.82, 2.24) is 0 Å². The van der Waals surface area contributed by atoms with Gasteiger partial charge in [-0.15, -0.1) is 0 Å². The van der Waals surface area contributed by atoms with Crippen LogP contribution in [-0.2, 0) is 64.6 Å². The standard InChI is InChI=1S/Ce.Hf.Mn.Ti. The van der Waals surface area contributed by atoms with E-state index in [0.29, 0.717) is 0 Å². The molecule has 0 aromatic heterocycles. The zero-order valence-electron chi connectivity index (χ0n) is 1.88. The first kappa shape index (κ1) is 25.9. The monoisotopic (exact) mass is 423 g/mol. The van der Waals surface area contributed by atoms with Crippen molar-refractivity contribution >= 4 is 0 Å². The van der Waals surface area contributed by atoms with Gasteiger partial charge in [0.2, 0.25) is 0 Å². The minimum Gasteiger partial charge on any atom is 0 e. The topological polar surface area (TPSA) is 0 Å². The van der Waals surface area contributed by atoms with E-state index < -0.39 is 0 Å². The van der Waals surface area contributed by atoms with Crippen molar-refractivity contribution < 1.29 is 106 Å². The van der Waals surface area contributed by atoms with Crippen LogP contribution in [0.15, 0.2) is 0 Å². The summed E-state index contributed by atoms with van der Waals surface area (Å²) in [5, 5.41) is 0. The fraction of sp³-hybridized carbons (Fsp3) is 0. The molecular formula is CeHfMnTi. The third-order valence-electron chi connectivity index (χ3n) is 0. The van der Waals surface area contributed by atoms with Gasteiger partial charge in [-0.3, -0.25) is 0 Å². The summed E-state index contributed by atoms with van der Waals surface area (Å²) in [5.74, 6) is 0. The van der Waals surface area contributed by atoms with E-state index in [1.54, 1.807) is 0 Å². The van der Waals surface area contributed by atoms with Gasteiger partial charge in [-0.25, -0.2) is 0 Å². The van der Waals surface area contributed by atoms with Gasteiger partial charge in [0.1, 0.15) is 0 Å². The molecule has 0 spiro atoms. The quantitative estimate of drug-likeness (QED) is 0.483. The second-order valence-corrected chi connectivity index (χ2v) is 0. The molecular weight excluding hydrogens is 421 g/mol. The van der Waals surface area contributed by atoms with E-state index in [2.05, 4.69) is 0 Å².